The van der Waals surface area contributed by atoms with Crippen LogP contribution in [0.3, 0.4) is 0 Å². The molecule has 0 aliphatic rings. The summed E-state index contributed by atoms with van der Waals surface area (Å²) in [6.45, 7) is 0. The first-order chi connectivity index (χ1) is 8.56. The average Bonchev–Trinajstić information content (AvgIpc) is 2.30. The van der Waals surface area contributed by atoms with Crippen molar-refractivity contribution in [3.05, 3.63) is 35.8 Å². The Morgan fingerprint density at radius 1 is 2.00 bits per heavy atom. The van der Waals surface area contributed by atoms with Crippen molar-refractivity contribution in [1.29, 1.82) is 0 Å². The fourth-order valence-electron chi connectivity index (χ4n) is 0.607. The summed E-state index contributed by atoms with van der Waals surface area (Å²) in [6.07, 6.45) is -3.02. The number of carboxylic acid groups (broad SMARTS) is 1. The molecule has 0 aromatic heterocycles. The Morgan fingerprint density at radius 2 is 2.83 bits per heavy atom. The normalized spacial score (nSPS) is 24.9. The molecule has 1 aromatic rings. The van der Waals surface area contributed by atoms with E-state index in [1.165, 1.54) is 12.1 Å². The van der Waals surface area contributed by atoms with Gasteiger partial charge >= 0.3 is 5.97 Å². The van der Waals surface area contributed by atoms with Crippen LogP contribution in [0.4, 0.5) is 0 Å². The molecule has 0 bridgehead atoms. The van der Waals surface area contributed by atoms with Crippen LogP contribution in [-0.4, -0.2) is 17.1 Å². The van der Waals surface area contributed by atoms with E-state index >= 15 is 0 Å². The van der Waals surface area contributed by atoms with Crippen LogP contribution in [0.2, 0.25) is 2.82 Å². The van der Waals surface area contributed by atoms with Gasteiger partial charge in [0, 0.05) is 2.74 Å². The molecule has 3 nitrogen and oxygen atoms in total. The van der Waals surface area contributed by atoms with Crippen LogP contribution in [0.15, 0.2) is 30.3 Å². The minimum atomic E-state index is -3.25. The zero-order valence-electron chi connectivity index (χ0n) is 13.0. The summed E-state index contributed by atoms with van der Waals surface area (Å²) >= 11 is 0. The van der Waals surface area contributed by atoms with Crippen LogP contribution in [-0.2, 0) is 11.2 Å². The first kappa shape index (κ1) is 3.18. The molecule has 0 aliphatic heterocycles. The Morgan fingerprint density at radius 3 is 3.50 bits per heavy atom. The third-order valence-electron chi connectivity index (χ3n) is 1.10. The van der Waals surface area contributed by atoms with Gasteiger partial charge in [0.05, 0.1) is 4.11 Å². The highest BCUT2D eigenvalue weighted by Crippen LogP contribution is 2.01. The van der Waals surface area contributed by atoms with Crippen LogP contribution in [0.5, 0.6) is 0 Å². The molecule has 0 saturated carbocycles. The quantitative estimate of drug-likeness (QED) is 0.700. The lowest BCUT2D eigenvalue weighted by atomic mass is 10.1. The van der Waals surface area contributed by atoms with Crippen molar-refractivity contribution in [2.75, 3.05) is 0 Å². The SMILES string of the molecule is [2H]c1cccc(C([2H])([2H])[C@]([2H])(C(=O)O)N([2H])[2H])c1[2H]. The lowest BCUT2D eigenvalue weighted by Gasteiger charge is -2.04. The molecule has 12 heavy (non-hydrogen) atoms. The molecule has 0 fully saturated rings. The monoisotopic (exact) mass is 172 g/mol. The maximum Gasteiger partial charge on any atom is 0.320 e. The molecular formula is C9H11NO2. The van der Waals surface area contributed by atoms with Crippen LogP contribution in [0, 0.1) is 0 Å². The van der Waals surface area contributed by atoms with Gasteiger partial charge in [-0.25, -0.2) is 0 Å². The van der Waals surface area contributed by atoms with Gasteiger partial charge in [-0.3, -0.25) is 4.79 Å². The number of hydrogen-bond donors (Lipinski definition) is 2. The Kier molecular flexibility index (Phi) is 1.03. The Bertz CT molecular complexity index is 507. The third kappa shape index (κ3) is 2.36. The lowest BCUT2D eigenvalue weighted by molar-refractivity contribution is -0.138. The van der Waals surface area contributed by atoms with Crippen LogP contribution in [0.1, 0.15) is 12.4 Å². The van der Waals surface area contributed by atoms with E-state index in [1.54, 1.807) is 0 Å². The number of nitrogens with two attached hydrogens (primary N) is 1. The fourth-order valence-corrected chi connectivity index (χ4v) is 0.607. The molecule has 64 valence electrons. The third-order valence-corrected chi connectivity index (χ3v) is 1.10. The first-order valence-corrected chi connectivity index (χ1v) is 3.15. The van der Waals surface area contributed by atoms with Crippen molar-refractivity contribution in [1.82, 2.24) is 0 Å². The van der Waals surface area contributed by atoms with Gasteiger partial charge in [0.2, 0.25) is 0 Å². The smallest absolute Gasteiger partial charge is 0.320 e. The minimum absolute atomic E-state index is 0.337. The predicted molar refractivity (Wildman–Crippen MR) is 45.8 cm³/mol. The largest absolute Gasteiger partial charge is 0.480 e. The predicted octanol–water partition coefficient (Wildman–Crippen LogP) is 0.641. The molecule has 0 saturated heterocycles. The number of aliphatic carboxylic acids is 1. The van der Waals surface area contributed by atoms with Gasteiger partial charge in [-0.15, -0.1) is 0 Å². The maximum atomic E-state index is 11.1. The van der Waals surface area contributed by atoms with E-state index in [2.05, 4.69) is 0 Å². The van der Waals surface area contributed by atoms with E-state index in [0.29, 0.717) is 0 Å². The van der Waals surface area contributed by atoms with Gasteiger partial charge in [0.25, 0.3) is 0 Å². The van der Waals surface area contributed by atoms with Crippen molar-refractivity contribution >= 4 is 5.97 Å². The van der Waals surface area contributed by atoms with Crippen molar-refractivity contribution < 1.29 is 19.6 Å². The number of carbonyl (C=O) groups is 1. The van der Waals surface area contributed by atoms with Gasteiger partial charge in [-0.2, -0.15) is 0 Å². The minimum Gasteiger partial charge on any atom is -0.480 e. The molecule has 1 rings (SSSR count). The summed E-state index contributed by atoms with van der Waals surface area (Å²) in [7, 11) is 0. The second-order valence-corrected chi connectivity index (χ2v) is 1.99. The lowest BCUT2D eigenvalue weighted by Crippen LogP contribution is -2.32. The van der Waals surface area contributed by atoms with Crippen LogP contribution in [0.25, 0.3) is 0 Å². The van der Waals surface area contributed by atoms with Gasteiger partial charge in [0.15, 0.2) is 0 Å². The van der Waals surface area contributed by atoms with E-state index in [4.69, 9.17) is 14.8 Å². The summed E-state index contributed by atoms with van der Waals surface area (Å²) in [5, 5.41) is 8.94. The van der Waals surface area contributed by atoms with E-state index in [9.17, 15) is 4.79 Å². The molecule has 0 spiro atoms. The summed E-state index contributed by atoms with van der Waals surface area (Å²) in [5.41, 5.74) is -1.09. The highest BCUT2D eigenvalue weighted by molar-refractivity contribution is 5.73. The summed E-state index contributed by atoms with van der Waals surface area (Å²) in [4.78, 5) is 11.1. The highest BCUT2D eigenvalue weighted by atomic mass is 16.4. The molecule has 1 atom stereocenters. The Balaban J connectivity index is 3.52. The molecular weight excluding hydrogens is 154 g/mol. The summed E-state index contributed by atoms with van der Waals surface area (Å²) < 4.78 is 51.9. The van der Waals surface area contributed by atoms with Gasteiger partial charge in [-0.1, -0.05) is 30.3 Å². The van der Waals surface area contributed by atoms with Crippen molar-refractivity contribution in [3.63, 3.8) is 0 Å². The zero-order valence-corrected chi connectivity index (χ0v) is 6.03. The van der Waals surface area contributed by atoms with E-state index in [1.807, 2.05) is 0 Å². The van der Waals surface area contributed by atoms with Crippen LogP contribution < -0.4 is 5.72 Å². The molecule has 3 heteroatoms. The number of hydrogen-bond acceptors (Lipinski definition) is 2. The molecule has 0 heterocycles. The van der Waals surface area contributed by atoms with Crippen molar-refractivity contribution in [2.45, 2.75) is 12.4 Å². The number of carboxylic acids is 1. The standard InChI is InChI=1S/C9H11NO2/c10-8(9(11)12)6-7-4-2-1-3-5-7/h1-5,8H,6,10H2,(H,11,12)/t8-/m1/s1/i2D,4D,6D2,8D/hD2. The van der Waals surface area contributed by atoms with Gasteiger partial charge in [-0.05, 0) is 11.9 Å². The summed E-state index contributed by atoms with van der Waals surface area (Å²) in [5.74, 6) is -2.03. The fraction of sp³-hybridized carbons (Fsp3) is 0.222. The zero-order chi connectivity index (χ0) is 15.0. The van der Waals surface area contributed by atoms with Crippen molar-refractivity contribution in [3.8, 4) is 0 Å². The second kappa shape index (κ2) is 3.88. The average molecular weight is 172 g/mol. The number of rotatable bonds is 4. The maximum absolute atomic E-state index is 11.1. The van der Waals surface area contributed by atoms with Gasteiger partial charge < -0.3 is 10.8 Å². The number of benzene rings is 1. The van der Waals surface area contributed by atoms with Crippen molar-refractivity contribution in [2.24, 2.45) is 5.72 Å². The van der Waals surface area contributed by atoms with E-state index < -0.39 is 35.7 Å². The molecule has 3 N–H and O–H groups in total. The highest BCUT2D eigenvalue weighted by Gasteiger charge is 2.10. The van der Waals surface area contributed by atoms with E-state index in [-0.39, 0.29) is 6.04 Å². The topological polar surface area (TPSA) is 63.3 Å². The van der Waals surface area contributed by atoms with Gasteiger partial charge in [0.1, 0.15) is 8.84 Å². The summed E-state index contributed by atoms with van der Waals surface area (Å²) in [6, 6.07) is -0.642. The first-order valence-electron chi connectivity index (χ1n) is 6.54. The molecule has 0 amide bonds. The Hall–Kier alpha value is -1.35. The molecule has 0 aliphatic carbocycles. The molecule has 0 radical (unpaired) electrons. The Labute approximate surface area is 80.8 Å². The molecule has 1 aromatic carbocycles. The van der Waals surface area contributed by atoms with E-state index in [0.717, 1.165) is 6.07 Å². The van der Waals surface area contributed by atoms with Crippen LogP contribution >= 0.6 is 0 Å². The molecule has 0 unspecified atom stereocenters. The second-order valence-electron chi connectivity index (χ2n) is 1.99.